The number of hydrogen-bond donors (Lipinski definition) is 2. The zero-order valence-electron chi connectivity index (χ0n) is 15.6. The van der Waals surface area contributed by atoms with Gasteiger partial charge in [0.2, 0.25) is 0 Å². The smallest absolute Gasteiger partial charge is 0.305 e. The number of benzene rings is 1. The third-order valence-electron chi connectivity index (χ3n) is 5.02. The van der Waals surface area contributed by atoms with Crippen molar-refractivity contribution in [2.24, 2.45) is 0 Å². The minimum absolute atomic E-state index is 0.0926. The van der Waals surface area contributed by atoms with Gasteiger partial charge in [-0.25, -0.2) is 0 Å². The summed E-state index contributed by atoms with van der Waals surface area (Å²) in [5.74, 6) is -0.279. The number of hydrogen-bond acceptors (Lipinski definition) is 4. The molecule has 1 amide bonds. The number of rotatable bonds is 7. The molecule has 144 valence electrons. The first-order chi connectivity index (χ1) is 13.0. The Hall–Kier alpha value is -2.60. The van der Waals surface area contributed by atoms with Gasteiger partial charge in [-0.2, -0.15) is 0 Å². The van der Waals surface area contributed by atoms with Crippen LogP contribution in [0.5, 0.6) is 0 Å². The molecular formula is C21H26N2O4. The molecule has 6 heteroatoms. The number of carbonyl (C=O) groups is 2. The Balaban J connectivity index is 1.64. The summed E-state index contributed by atoms with van der Waals surface area (Å²) in [5, 5.41) is 12.2. The maximum Gasteiger partial charge on any atom is 0.305 e. The lowest BCUT2D eigenvalue weighted by molar-refractivity contribution is -0.139. The molecule has 0 aliphatic carbocycles. The molecule has 27 heavy (non-hydrogen) atoms. The van der Waals surface area contributed by atoms with E-state index in [4.69, 9.17) is 4.42 Å². The minimum atomic E-state index is -0.909. The second kappa shape index (κ2) is 8.39. The van der Waals surface area contributed by atoms with Gasteiger partial charge in [0, 0.05) is 13.0 Å². The third kappa shape index (κ3) is 5.20. The standard InChI is InChI=1S/C21H26N2O4/c1-23-13-5-12-21(15-23,14-19(24)25)22-20(26)18-11-10-17(27-18)9-8-16-6-3-2-4-7-16/h2-4,6-7,10-11H,5,8-9,12-15H2,1H3,(H,22,26)(H,24,25). The summed E-state index contributed by atoms with van der Waals surface area (Å²) in [7, 11) is 1.94. The Morgan fingerprint density at radius 2 is 1.96 bits per heavy atom. The van der Waals surface area contributed by atoms with Gasteiger partial charge in [0.15, 0.2) is 5.76 Å². The molecule has 0 spiro atoms. The lowest BCUT2D eigenvalue weighted by Crippen LogP contribution is -2.58. The van der Waals surface area contributed by atoms with Crippen LogP contribution in [0.2, 0.25) is 0 Å². The zero-order valence-corrected chi connectivity index (χ0v) is 15.6. The van der Waals surface area contributed by atoms with Crippen molar-refractivity contribution >= 4 is 11.9 Å². The molecule has 0 saturated carbocycles. The first-order valence-corrected chi connectivity index (χ1v) is 9.31. The summed E-state index contributed by atoms with van der Waals surface area (Å²) in [6.07, 6.45) is 2.95. The van der Waals surface area contributed by atoms with Crippen LogP contribution in [0, 0.1) is 0 Å². The highest BCUT2D eigenvalue weighted by atomic mass is 16.4. The van der Waals surface area contributed by atoms with Crippen LogP contribution in [0.15, 0.2) is 46.9 Å². The molecule has 2 aromatic rings. The molecule has 1 aromatic heterocycles. The Bertz CT molecular complexity index is 786. The molecule has 0 radical (unpaired) electrons. The highest BCUT2D eigenvalue weighted by Gasteiger charge is 2.38. The average Bonchev–Trinajstić information content (AvgIpc) is 3.09. The van der Waals surface area contributed by atoms with E-state index in [1.54, 1.807) is 6.07 Å². The maximum absolute atomic E-state index is 12.7. The Morgan fingerprint density at radius 3 is 2.67 bits per heavy atom. The summed E-state index contributed by atoms with van der Waals surface area (Å²) >= 11 is 0. The summed E-state index contributed by atoms with van der Waals surface area (Å²) in [6, 6.07) is 13.6. The zero-order chi connectivity index (χ0) is 19.3. The molecule has 1 aromatic carbocycles. The summed E-state index contributed by atoms with van der Waals surface area (Å²) in [4.78, 5) is 26.1. The average molecular weight is 370 g/mol. The highest BCUT2D eigenvalue weighted by molar-refractivity contribution is 5.92. The maximum atomic E-state index is 12.7. The van der Waals surface area contributed by atoms with Crippen LogP contribution in [0.4, 0.5) is 0 Å². The number of likely N-dealkylation sites (N-methyl/N-ethyl adjacent to an activating group) is 1. The van der Waals surface area contributed by atoms with E-state index in [0.29, 0.717) is 19.4 Å². The number of aryl methyl sites for hydroxylation is 2. The van der Waals surface area contributed by atoms with Gasteiger partial charge >= 0.3 is 5.97 Å². The largest absolute Gasteiger partial charge is 0.481 e. The van der Waals surface area contributed by atoms with E-state index >= 15 is 0 Å². The van der Waals surface area contributed by atoms with Crippen LogP contribution < -0.4 is 5.32 Å². The van der Waals surface area contributed by atoms with Crippen LogP contribution in [-0.2, 0) is 17.6 Å². The molecule has 2 N–H and O–H groups in total. The third-order valence-corrected chi connectivity index (χ3v) is 5.02. The van der Waals surface area contributed by atoms with Crippen LogP contribution >= 0.6 is 0 Å². The Morgan fingerprint density at radius 1 is 1.19 bits per heavy atom. The van der Waals surface area contributed by atoms with Crippen molar-refractivity contribution in [3.05, 3.63) is 59.5 Å². The summed E-state index contributed by atoms with van der Waals surface area (Å²) in [6.45, 7) is 1.42. The number of nitrogens with zero attached hydrogens (tertiary/aromatic N) is 1. The fourth-order valence-corrected chi connectivity index (χ4v) is 3.79. The second-order valence-corrected chi connectivity index (χ2v) is 7.40. The Kier molecular flexibility index (Phi) is 5.96. The number of likely N-dealkylation sites (tertiary alicyclic amines) is 1. The molecular weight excluding hydrogens is 344 g/mol. The van der Waals surface area contributed by atoms with Crippen LogP contribution in [-0.4, -0.2) is 47.6 Å². The number of amides is 1. The van der Waals surface area contributed by atoms with Gasteiger partial charge in [0.25, 0.3) is 5.91 Å². The van der Waals surface area contributed by atoms with E-state index in [9.17, 15) is 14.7 Å². The monoisotopic (exact) mass is 370 g/mol. The van der Waals surface area contributed by atoms with Gasteiger partial charge in [-0.1, -0.05) is 30.3 Å². The number of nitrogens with one attached hydrogen (secondary N) is 1. The fourth-order valence-electron chi connectivity index (χ4n) is 3.79. The van der Waals surface area contributed by atoms with Gasteiger partial charge in [-0.3, -0.25) is 9.59 Å². The first kappa shape index (κ1) is 19.2. The van der Waals surface area contributed by atoms with Crippen molar-refractivity contribution < 1.29 is 19.1 Å². The van der Waals surface area contributed by atoms with E-state index in [1.807, 2.05) is 31.3 Å². The first-order valence-electron chi connectivity index (χ1n) is 9.31. The lowest BCUT2D eigenvalue weighted by Gasteiger charge is -2.41. The molecule has 1 aliphatic heterocycles. The number of carbonyl (C=O) groups excluding carboxylic acids is 1. The Labute approximate surface area is 159 Å². The molecule has 6 nitrogen and oxygen atoms in total. The highest BCUT2D eigenvalue weighted by Crippen LogP contribution is 2.25. The van der Waals surface area contributed by atoms with Crippen molar-refractivity contribution in [2.75, 3.05) is 20.1 Å². The predicted octanol–water partition coefficient (Wildman–Crippen LogP) is 2.73. The molecule has 0 bridgehead atoms. The van der Waals surface area contributed by atoms with Crippen molar-refractivity contribution in [1.82, 2.24) is 10.2 Å². The van der Waals surface area contributed by atoms with E-state index in [0.717, 1.165) is 25.1 Å². The van der Waals surface area contributed by atoms with Crippen molar-refractivity contribution in [1.29, 1.82) is 0 Å². The topological polar surface area (TPSA) is 82.8 Å². The molecule has 3 rings (SSSR count). The van der Waals surface area contributed by atoms with Crippen molar-refractivity contribution in [3.8, 4) is 0 Å². The van der Waals surface area contributed by atoms with Crippen molar-refractivity contribution in [2.45, 2.75) is 37.6 Å². The number of furan rings is 1. The van der Waals surface area contributed by atoms with E-state index in [2.05, 4.69) is 22.3 Å². The normalized spacial score (nSPS) is 20.3. The number of carboxylic acid groups (broad SMARTS) is 1. The van der Waals surface area contributed by atoms with E-state index < -0.39 is 11.5 Å². The SMILES string of the molecule is CN1CCCC(CC(=O)O)(NC(=O)c2ccc(CCc3ccccc3)o2)C1. The van der Waals surface area contributed by atoms with Crippen molar-refractivity contribution in [3.63, 3.8) is 0 Å². The van der Waals surface area contributed by atoms with Gasteiger partial charge in [0.05, 0.1) is 12.0 Å². The van der Waals surface area contributed by atoms with Crippen LogP contribution in [0.1, 0.15) is 41.1 Å². The van der Waals surface area contributed by atoms with Crippen LogP contribution in [0.25, 0.3) is 0 Å². The lowest BCUT2D eigenvalue weighted by atomic mass is 9.85. The van der Waals surface area contributed by atoms with Gasteiger partial charge in [-0.05, 0) is 50.6 Å². The summed E-state index contributed by atoms with van der Waals surface area (Å²) < 4.78 is 5.71. The summed E-state index contributed by atoms with van der Waals surface area (Å²) in [5.41, 5.74) is 0.456. The molecule has 1 unspecified atom stereocenters. The molecule has 1 saturated heterocycles. The second-order valence-electron chi connectivity index (χ2n) is 7.40. The molecule has 1 fully saturated rings. The van der Waals surface area contributed by atoms with E-state index in [-0.39, 0.29) is 18.1 Å². The van der Waals surface area contributed by atoms with E-state index in [1.165, 1.54) is 5.56 Å². The molecule has 1 atom stereocenters. The fraction of sp³-hybridized carbons (Fsp3) is 0.429. The molecule has 1 aliphatic rings. The minimum Gasteiger partial charge on any atom is -0.481 e. The number of carboxylic acids is 1. The van der Waals surface area contributed by atoms with Crippen LogP contribution in [0.3, 0.4) is 0 Å². The number of aliphatic carboxylic acids is 1. The predicted molar refractivity (Wildman–Crippen MR) is 102 cm³/mol. The number of piperidine rings is 1. The molecule has 2 heterocycles. The van der Waals surface area contributed by atoms with Gasteiger partial charge in [0.1, 0.15) is 5.76 Å². The quantitative estimate of drug-likeness (QED) is 0.783. The van der Waals surface area contributed by atoms with Gasteiger partial charge in [-0.15, -0.1) is 0 Å². The van der Waals surface area contributed by atoms with Gasteiger partial charge < -0.3 is 19.7 Å².